The minimum absolute atomic E-state index is 0.110. The lowest BCUT2D eigenvalue weighted by Gasteiger charge is -2.36. The summed E-state index contributed by atoms with van der Waals surface area (Å²) >= 11 is 0. The fourth-order valence-electron chi connectivity index (χ4n) is 4.25. The van der Waals surface area contributed by atoms with Gasteiger partial charge in [-0.05, 0) is 36.2 Å². The van der Waals surface area contributed by atoms with Crippen LogP contribution in [0, 0.1) is 0 Å². The van der Waals surface area contributed by atoms with E-state index in [-0.39, 0.29) is 12.8 Å². The number of piperidine rings is 1. The number of pyridine rings is 1. The Hall–Kier alpha value is -2.09. The van der Waals surface area contributed by atoms with Crippen molar-refractivity contribution in [3.05, 3.63) is 59.9 Å². The lowest BCUT2D eigenvalue weighted by molar-refractivity contribution is -0.0724. The number of hydrogen-bond donors (Lipinski definition) is 1. The predicted molar refractivity (Wildman–Crippen MR) is 110 cm³/mol. The number of nitrogens with zero attached hydrogens (tertiary/aromatic N) is 3. The van der Waals surface area contributed by atoms with Crippen LogP contribution in [0.3, 0.4) is 0 Å². The highest BCUT2D eigenvalue weighted by molar-refractivity contribution is 5.27. The number of β-amino-alcohol motifs (C(OH)–C–C–N with tert-alkyl or cyclic N) is 1. The van der Waals surface area contributed by atoms with E-state index in [0.29, 0.717) is 39.2 Å². The van der Waals surface area contributed by atoms with Crippen LogP contribution >= 0.6 is 0 Å². The monoisotopic (exact) mass is 417 g/mol. The van der Waals surface area contributed by atoms with Gasteiger partial charge in [-0.3, -0.25) is 14.8 Å². The molecule has 4 rings (SSSR count). The molecule has 162 valence electrons. The molecular weight excluding hydrogens is 388 g/mol. The number of ether oxygens (including phenoxy) is 1. The van der Waals surface area contributed by atoms with Crippen molar-refractivity contribution < 1.29 is 18.6 Å². The standard InChI is InChI=1S/C23H29F2N3O2/c24-23(25)9-13-27(14-10-23)17-22(29)8-12-28(18-22)15-19-4-6-21(7-5-19)30-16-20-3-1-2-11-26-20/h1-7,11,29H,8-10,12-18H2/t22-/m1/s1. The van der Waals surface area contributed by atoms with Crippen LogP contribution < -0.4 is 4.74 Å². The van der Waals surface area contributed by atoms with Crippen LogP contribution in [0.4, 0.5) is 8.78 Å². The van der Waals surface area contributed by atoms with E-state index in [0.717, 1.165) is 30.1 Å². The number of aromatic nitrogens is 1. The Labute approximate surface area is 176 Å². The second kappa shape index (κ2) is 8.96. The van der Waals surface area contributed by atoms with E-state index < -0.39 is 11.5 Å². The third kappa shape index (κ3) is 5.74. The number of hydrogen-bond acceptors (Lipinski definition) is 5. The van der Waals surface area contributed by atoms with Gasteiger partial charge in [0.1, 0.15) is 12.4 Å². The second-order valence-electron chi connectivity index (χ2n) is 8.57. The molecule has 2 aliphatic heterocycles. The highest BCUT2D eigenvalue weighted by Crippen LogP contribution is 2.30. The molecule has 0 bridgehead atoms. The average Bonchev–Trinajstić information content (AvgIpc) is 3.10. The molecule has 2 aromatic rings. The first-order valence-electron chi connectivity index (χ1n) is 10.6. The highest BCUT2D eigenvalue weighted by atomic mass is 19.3. The second-order valence-corrected chi connectivity index (χ2v) is 8.57. The van der Waals surface area contributed by atoms with Gasteiger partial charge < -0.3 is 9.84 Å². The van der Waals surface area contributed by atoms with Gasteiger partial charge in [0, 0.05) is 58.3 Å². The Morgan fingerprint density at radius 1 is 0.967 bits per heavy atom. The van der Waals surface area contributed by atoms with Crippen molar-refractivity contribution in [3.8, 4) is 5.75 Å². The van der Waals surface area contributed by atoms with E-state index in [2.05, 4.69) is 9.88 Å². The van der Waals surface area contributed by atoms with Crippen molar-refractivity contribution in [2.75, 3.05) is 32.7 Å². The molecule has 7 heteroatoms. The molecule has 1 atom stereocenters. The molecule has 2 aliphatic rings. The first-order valence-corrected chi connectivity index (χ1v) is 10.6. The highest BCUT2D eigenvalue weighted by Gasteiger charge is 2.40. The van der Waals surface area contributed by atoms with Crippen molar-refractivity contribution >= 4 is 0 Å². The zero-order chi connectivity index (χ0) is 21.0. The van der Waals surface area contributed by atoms with Crippen LogP contribution in [-0.4, -0.2) is 64.1 Å². The van der Waals surface area contributed by atoms with Gasteiger partial charge in [-0.2, -0.15) is 0 Å². The zero-order valence-electron chi connectivity index (χ0n) is 17.1. The third-order valence-corrected chi connectivity index (χ3v) is 5.96. The minimum Gasteiger partial charge on any atom is -0.487 e. The molecule has 0 aliphatic carbocycles. The van der Waals surface area contributed by atoms with Crippen LogP contribution in [0.5, 0.6) is 5.75 Å². The van der Waals surface area contributed by atoms with E-state index in [9.17, 15) is 13.9 Å². The molecule has 0 radical (unpaired) electrons. The molecule has 2 fully saturated rings. The Kier molecular flexibility index (Phi) is 6.32. The van der Waals surface area contributed by atoms with Crippen LogP contribution in [-0.2, 0) is 13.2 Å². The topological polar surface area (TPSA) is 48.8 Å². The van der Waals surface area contributed by atoms with Crippen LogP contribution in [0.2, 0.25) is 0 Å². The summed E-state index contributed by atoms with van der Waals surface area (Å²) in [5, 5.41) is 10.9. The number of aliphatic hydroxyl groups is 1. The molecule has 0 saturated carbocycles. The molecule has 0 spiro atoms. The van der Waals surface area contributed by atoms with E-state index in [4.69, 9.17) is 4.74 Å². The Morgan fingerprint density at radius 3 is 2.40 bits per heavy atom. The van der Waals surface area contributed by atoms with Gasteiger partial charge in [0.05, 0.1) is 11.3 Å². The summed E-state index contributed by atoms with van der Waals surface area (Å²) in [7, 11) is 0. The van der Waals surface area contributed by atoms with Gasteiger partial charge in [0.15, 0.2) is 0 Å². The van der Waals surface area contributed by atoms with Crippen molar-refractivity contribution in [1.82, 2.24) is 14.8 Å². The van der Waals surface area contributed by atoms with Gasteiger partial charge in [-0.15, -0.1) is 0 Å². The lowest BCUT2D eigenvalue weighted by atomic mass is 10.00. The molecule has 2 saturated heterocycles. The summed E-state index contributed by atoms with van der Waals surface area (Å²) in [6.45, 7) is 3.74. The largest absolute Gasteiger partial charge is 0.487 e. The predicted octanol–water partition coefficient (Wildman–Crippen LogP) is 3.33. The maximum absolute atomic E-state index is 13.3. The number of halogens is 2. The lowest BCUT2D eigenvalue weighted by Crippen LogP contribution is -2.49. The zero-order valence-corrected chi connectivity index (χ0v) is 17.1. The fourth-order valence-corrected chi connectivity index (χ4v) is 4.25. The van der Waals surface area contributed by atoms with Crippen LogP contribution in [0.25, 0.3) is 0 Å². The first-order chi connectivity index (χ1) is 14.4. The maximum atomic E-state index is 13.3. The van der Waals surface area contributed by atoms with Gasteiger partial charge >= 0.3 is 0 Å². The summed E-state index contributed by atoms with van der Waals surface area (Å²) in [5.41, 5.74) is 1.22. The Bertz CT molecular complexity index is 809. The summed E-state index contributed by atoms with van der Waals surface area (Å²) in [6, 6.07) is 13.7. The smallest absolute Gasteiger partial charge is 0.250 e. The molecule has 3 heterocycles. The summed E-state index contributed by atoms with van der Waals surface area (Å²) in [5.74, 6) is -1.75. The SMILES string of the molecule is O[C@@]1(CN2CCC(F)(F)CC2)CCN(Cc2ccc(OCc3ccccn3)cc2)C1. The van der Waals surface area contributed by atoms with E-state index >= 15 is 0 Å². The average molecular weight is 418 g/mol. The number of rotatable bonds is 7. The van der Waals surface area contributed by atoms with Crippen molar-refractivity contribution in [1.29, 1.82) is 0 Å². The molecule has 1 N–H and O–H groups in total. The molecule has 30 heavy (non-hydrogen) atoms. The summed E-state index contributed by atoms with van der Waals surface area (Å²) < 4.78 is 32.5. The van der Waals surface area contributed by atoms with E-state index in [1.165, 1.54) is 0 Å². The normalized spacial score (nSPS) is 24.8. The van der Waals surface area contributed by atoms with Gasteiger partial charge in [0.2, 0.25) is 0 Å². The molecule has 0 amide bonds. The number of alkyl halides is 2. The van der Waals surface area contributed by atoms with Crippen LogP contribution in [0.1, 0.15) is 30.5 Å². The maximum Gasteiger partial charge on any atom is 0.250 e. The van der Waals surface area contributed by atoms with Crippen molar-refractivity contribution in [2.45, 2.75) is 43.9 Å². The van der Waals surface area contributed by atoms with Crippen molar-refractivity contribution in [3.63, 3.8) is 0 Å². The van der Waals surface area contributed by atoms with Gasteiger partial charge in [0.25, 0.3) is 5.92 Å². The fraction of sp³-hybridized carbons (Fsp3) is 0.522. The molecule has 1 aromatic carbocycles. The Morgan fingerprint density at radius 2 is 1.70 bits per heavy atom. The Balaban J connectivity index is 1.24. The summed E-state index contributed by atoms with van der Waals surface area (Å²) in [6.07, 6.45) is 2.20. The first kappa shape index (κ1) is 21.2. The van der Waals surface area contributed by atoms with E-state index in [1.54, 1.807) is 6.20 Å². The minimum atomic E-state index is -2.55. The van der Waals surface area contributed by atoms with Gasteiger partial charge in [-0.1, -0.05) is 18.2 Å². The summed E-state index contributed by atoms with van der Waals surface area (Å²) in [4.78, 5) is 8.45. The van der Waals surface area contributed by atoms with Gasteiger partial charge in [-0.25, -0.2) is 8.78 Å². The van der Waals surface area contributed by atoms with E-state index in [1.807, 2.05) is 47.4 Å². The molecule has 1 aromatic heterocycles. The van der Waals surface area contributed by atoms with Crippen LogP contribution in [0.15, 0.2) is 48.7 Å². The van der Waals surface area contributed by atoms with Crippen molar-refractivity contribution in [2.24, 2.45) is 0 Å². The quantitative estimate of drug-likeness (QED) is 0.749. The molecular formula is C23H29F2N3O2. The third-order valence-electron chi connectivity index (χ3n) is 5.96. The molecule has 0 unspecified atom stereocenters. The number of benzene rings is 1. The number of likely N-dealkylation sites (tertiary alicyclic amines) is 2. The molecule has 5 nitrogen and oxygen atoms in total.